The van der Waals surface area contributed by atoms with Gasteiger partial charge in [-0.15, -0.1) is 0 Å². The maximum Gasteiger partial charge on any atom is 0.188 e. The summed E-state index contributed by atoms with van der Waals surface area (Å²) in [5, 5.41) is 8.66. The maximum atomic E-state index is 8.66. The van der Waals surface area contributed by atoms with Crippen LogP contribution in [-0.2, 0) is 11.2 Å². The van der Waals surface area contributed by atoms with E-state index in [1.807, 2.05) is 30.3 Å². The fraction of sp³-hybridized carbons (Fsp3) is 0.429. The number of aryl methyl sites for hydroxylation is 2. The van der Waals surface area contributed by atoms with E-state index in [2.05, 4.69) is 27.7 Å². The van der Waals surface area contributed by atoms with Crippen LogP contribution in [0.5, 0.6) is 11.5 Å². The van der Waals surface area contributed by atoms with Gasteiger partial charge in [-0.3, -0.25) is 4.98 Å². The molecule has 0 amide bonds. The lowest BCUT2D eigenvalue weighted by molar-refractivity contribution is 0.0499. The summed E-state index contributed by atoms with van der Waals surface area (Å²) < 4.78 is 16.0. The molecule has 0 bridgehead atoms. The van der Waals surface area contributed by atoms with Crippen molar-refractivity contribution in [2.24, 2.45) is 0 Å². The number of nitriles is 1. The first-order valence-electron chi connectivity index (χ1n) is 8.67. The number of ether oxygens (including phenoxy) is 3. The molecule has 0 saturated carbocycles. The van der Waals surface area contributed by atoms with Crippen molar-refractivity contribution in [2.75, 3.05) is 20.5 Å². The van der Waals surface area contributed by atoms with Crippen molar-refractivity contribution in [1.29, 1.82) is 5.26 Å². The average molecular weight is 354 g/mol. The second-order valence-corrected chi connectivity index (χ2v) is 6.55. The number of methoxy groups -OCH3 is 1. The Morgan fingerprint density at radius 1 is 1.12 bits per heavy atom. The third-order valence-corrected chi connectivity index (χ3v) is 4.15. The predicted molar refractivity (Wildman–Crippen MR) is 101 cm³/mol. The van der Waals surface area contributed by atoms with Gasteiger partial charge < -0.3 is 14.2 Å². The fourth-order valence-corrected chi connectivity index (χ4v) is 2.87. The van der Waals surface area contributed by atoms with Gasteiger partial charge in [0.05, 0.1) is 5.69 Å². The van der Waals surface area contributed by atoms with E-state index in [0.717, 1.165) is 40.4 Å². The normalized spacial score (nSPS) is 10.7. The van der Waals surface area contributed by atoms with E-state index in [4.69, 9.17) is 24.5 Å². The second-order valence-electron chi connectivity index (χ2n) is 6.55. The van der Waals surface area contributed by atoms with Crippen molar-refractivity contribution in [3.63, 3.8) is 0 Å². The largest absolute Gasteiger partial charge is 0.479 e. The quantitative estimate of drug-likeness (QED) is 0.661. The van der Waals surface area contributed by atoms with Crippen LogP contribution in [0.1, 0.15) is 47.8 Å². The summed E-state index contributed by atoms with van der Waals surface area (Å²) in [5.74, 6) is 1.74. The Labute approximate surface area is 155 Å². The van der Waals surface area contributed by atoms with E-state index in [-0.39, 0.29) is 19.3 Å². The second kappa shape index (κ2) is 9.21. The van der Waals surface area contributed by atoms with Crippen LogP contribution >= 0.6 is 0 Å². The lowest BCUT2D eigenvalue weighted by Gasteiger charge is -2.16. The van der Waals surface area contributed by atoms with Crippen LogP contribution < -0.4 is 9.47 Å². The van der Waals surface area contributed by atoms with E-state index in [1.54, 1.807) is 7.11 Å². The molecule has 0 saturated heterocycles. The number of nitrogens with zero attached hydrogens (tertiary/aromatic N) is 2. The van der Waals surface area contributed by atoms with Crippen LogP contribution in [0.4, 0.5) is 0 Å². The molecule has 5 nitrogen and oxygen atoms in total. The van der Waals surface area contributed by atoms with E-state index in [0.29, 0.717) is 0 Å². The number of rotatable bonds is 8. The number of pyridine rings is 1. The van der Waals surface area contributed by atoms with Crippen molar-refractivity contribution in [1.82, 2.24) is 4.98 Å². The average Bonchev–Trinajstić information content (AvgIpc) is 2.61. The molecular weight excluding hydrogens is 328 g/mol. The van der Waals surface area contributed by atoms with Crippen LogP contribution in [0.25, 0.3) is 0 Å². The Balaban J connectivity index is 2.28. The first-order chi connectivity index (χ1) is 12.5. The predicted octanol–water partition coefficient (Wildman–Crippen LogP) is 4.30. The lowest BCUT2D eigenvalue weighted by Crippen LogP contribution is -2.07. The van der Waals surface area contributed by atoms with Crippen molar-refractivity contribution in [2.45, 2.75) is 40.0 Å². The molecule has 2 aromatic rings. The Bertz CT molecular complexity index is 771. The van der Waals surface area contributed by atoms with Crippen molar-refractivity contribution >= 4 is 0 Å². The molecule has 0 spiro atoms. The molecule has 0 radical (unpaired) electrons. The summed E-state index contributed by atoms with van der Waals surface area (Å²) in [5.41, 5.74) is 5.41. The van der Waals surface area contributed by atoms with E-state index in [9.17, 15) is 0 Å². The summed E-state index contributed by atoms with van der Waals surface area (Å²) in [6.45, 7) is 8.58. The van der Waals surface area contributed by atoms with E-state index >= 15 is 0 Å². The van der Waals surface area contributed by atoms with Gasteiger partial charge in [-0.05, 0) is 60.7 Å². The van der Waals surface area contributed by atoms with Crippen LogP contribution in [0.2, 0.25) is 0 Å². The molecule has 0 N–H and O–H groups in total. The van der Waals surface area contributed by atoms with Gasteiger partial charge in [-0.25, -0.2) is 0 Å². The molecule has 26 heavy (non-hydrogen) atoms. The molecule has 1 heterocycles. The smallest absolute Gasteiger partial charge is 0.188 e. The molecule has 138 valence electrons. The first kappa shape index (κ1) is 19.7. The van der Waals surface area contributed by atoms with Crippen LogP contribution in [0, 0.1) is 25.2 Å². The summed E-state index contributed by atoms with van der Waals surface area (Å²) in [7, 11) is 1.60. The van der Waals surface area contributed by atoms with Gasteiger partial charge in [0, 0.05) is 19.2 Å². The lowest BCUT2D eigenvalue weighted by atomic mass is 9.97. The summed E-state index contributed by atoms with van der Waals surface area (Å²) in [6.07, 6.45) is 0.737. The zero-order chi connectivity index (χ0) is 19.1. The maximum absolute atomic E-state index is 8.66. The summed E-state index contributed by atoms with van der Waals surface area (Å²) >= 11 is 0. The molecule has 5 heteroatoms. The van der Waals surface area contributed by atoms with Gasteiger partial charge in [0.15, 0.2) is 13.4 Å². The van der Waals surface area contributed by atoms with Gasteiger partial charge in [0.1, 0.15) is 17.6 Å². The molecule has 1 aromatic carbocycles. The highest BCUT2D eigenvalue weighted by Crippen LogP contribution is 2.28. The van der Waals surface area contributed by atoms with E-state index in [1.165, 1.54) is 5.56 Å². The molecule has 0 aliphatic heterocycles. The minimum absolute atomic E-state index is 0.0560. The highest BCUT2D eigenvalue weighted by molar-refractivity contribution is 5.43. The van der Waals surface area contributed by atoms with Gasteiger partial charge in [-0.1, -0.05) is 13.8 Å². The zero-order valence-electron chi connectivity index (χ0n) is 16.1. The Hall–Kier alpha value is -2.58. The number of aromatic nitrogens is 1. The molecule has 0 atom stereocenters. The number of hydrogen-bond acceptors (Lipinski definition) is 5. The summed E-state index contributed by atoms with van der Waals surface area (Å²) in [6, 6.07) is 9.90. The Morgan fingerprint density at radius 3 is 2.38 bits per heavy atom. The first-order valence-corrected chi connectivity index (χ1v) is 8.67. The van der Waals surface area contributed by atoms with E-state index < -0.39 is 0 Å². The van der Waals surface area contributed by atoms with Gasteiger partial charge in [0.2, 0.25) is 0 Å². The molecule has 0 fully saturated rings. The Kier molecular flexibility index (Phi) is 6.99. The molecule has 2 rings (SSSR count). The van der Waals surface area contributed by atoms with Crippen molar-refractivity contribution < 1.29 is 14.2 Å². The van der Waals surface area contributed by atoms with Crippen LogP contribution in [-0.4, -0.2) is 25.5 Å². The highest BCUT2D eigenvalue weighted by Gasteiger charge is 2.13. The van der Waals surface area contributed by atoms with Gasteiger partial charge in [0.25, 0.3) is 0 Å². The van der Waals surface area contributed by atoms with Crippen LogP contribution in [0.3, 0.4) is 0 Å². The number of benzene rings is 1. The SMILES string of the molecule is COCOc1ccc(Cc2c(C)cc(OCC#N)cc2C)nc1C(C)C. The van der Waals surface area contributed by atoms with Crippen LogP contribution in [0.15, 0.2) is 24.3 Å². The molecule has 0 aliphatic rings. The fourth-order valence-electron chi connectivity index (χ4n) is 2.87. The molecule has 1 aromatic heterocycles. The van der Waals surface area contributed by atoms with Gasteiger partial charge in [-0.2, -0.15) is 5.26 Å². The van der Waals surface area contributed by atoms with Crippen molar-refractivity contribution in [3.05, 3.63) is 52.3 Å². The van der Waals surface area contributed by atoms with Gasteiger partial charge >= 0.3 is 0 Å². The zero-order valence-corrected chi connectivity index (χ0v) is 16.1. The minimum atomic E-state index is 0.0560. The molecule has 0 aliphatic carbocycles. The molecule has 0 unspecified atom stereocenters. The third-order valence-electron chi connectivity index (χ3n) is 4.15. The Morgan fingerprint density at radius 2 is 1.81 bits per heavy atom. The number of hydrogen-bond donors (Lipinski definition) is 0. The monoisotopic (exact) mass is 354 g/mol. The summed E-state index contributed by atoms with van der Waals surface area (Å²) in [4.78, 5) is 4.82. The topological polar surface area (TPSA) is 64.4 Å². The standard InChI is InChI=1S/C21H26N2O3/c1-14(2)21-20(26-13-24-5)7-6-17(23-21)12-19-15(3)10-18(11-16(19)4)25-9-8-22/h6-7,10-11,14H,9,12-13H2,1-5H3. The highest BCUT2D eigenvalue weighted by atomic mass is 16.7. The van der Waals surface area contributed by atoms with Crippen molar-refractivity contribution in [3.8, 4) is 17.6 Å². The molecular formula is C21H26N2O3. The minimum Gasteiger partial charge on any atom is -0.479 e. The third kappa shape index (κ3) is 4.96.